The molecule has 74 valence electrons. The summed E-state index contributed by atoms with van der Waals surface area (Å²) in [6, 6.07) is 0. The zero-order valence-corrected chi connectivity index (χ0v) is 9.07. The fourth-order valence-electron chi connectivity index (χ4n) is 1.66. The molecule has 0 aliphatic rings. The van der Waals surface area contributed by atoms with Gasteiger partial charge < -0.3 is 0 Å². The molecule has 0 spiro atoms. The van der Waals surface area contributed by atoms with Crippen molar-refractivity contribution < 1.29 is 0 Å². The van der Waals surface area contributed by atoms with Gasteiger partial charge in [-0.1, -0.05) is 20.8 Å². The van der Waals surface area contributed by atoms with Crippen LogP contribution in [-0.2, 0) is 12.5 Å². The van der Waals surface area contributed by atoms with Gasteiger partial charge in [0, 0.05) is 24.8 Å². The van der Waals surface area contributed by atoms with E-state index in [1.165, 1.54) is 10.9 Å². The van der Waals surface area contributed by atoms with E-state index in [1.807, 2.05) is 24.1 Å². The van der Waals surface area contributed by atoms with Crippen molar-refractivity contribution in [1.29, 1.82) is 0 Å². The number of aromatic nitrogens is 3. The number of hydrogen-bond acceptors (Lipinski definition) is 2. The first-order valence-electron chi connectivity index (χ1n) is 4.76. The molecule has 14 heavy (non-hydrogen) atoms. The van der Waals surface area contributed by atoms with Crippen LogP contribution in [0.15, 0.2) is 18.6 Å². The maximum Gasteiger partial charge on any atom is 0.111 e. The second-order valence-corrected chi connectivity index (χ2v) is 4.67. The van der Waals surface area contributed by atoms with Gasteiger partial charge in [0.25, 0.3) is 0 Å². The fraction of sp³-hybridized carbons (Fsp3) is 0.455. The monoisotopic (exact) mass is 189 g/mol. The van der Waals surface area contributed by atoms with E-state index >= 15 is 0 Å². The van der Waals surface area contributed by atoms with Gasteiger partial charge in [0.1, 0.15) is 5.52 Å². The Morgan fingerprint density at radius 1 is 1.21 bits per heavy atom. The lowest BCUT2D eigenvalue weighted by atomic mass is 9.86. The van der Waals surface area contributed by atoms with E-state index in [0.717, 1.165) is 5.52 Å². The molecule has 0 unspecified atom stereocenters. The lowest BCUT2D eigenvalue weighted by Gasteiger charge is -2.18. The number of nitrogens with zero attached hydrogens (tertiary/aromatic N) is 3. The van der Waals surface area contributed by atoms with Gasteiger partial charge in [0.2, 0.25) is 0 Å². The Morgan fingerprint density at radius 3 is 2.57 bits per heavy atom. The van der Waals surface area contributed by atoms with Gasteiger partial charge >= 0.3 is 0 Å². The highest BCUT2D eigenvalue weighted by Gasteiger charge is 2.18. The summed E-state index contributed by atoms with van der Waals surface area (Å²) in [4.78, 5) is 4.22. The first-order chi connectivity index (χ1) is 6.48. The van der Waals surface area contributed by atoms with Crippen LogP contribution in [0.25, 0.3) is 10.9 Å². The maximum absolute atomic E-state index is 4.34. The van der Waals surface area contributed by atoms with Crippen molar-refractivity contribution in [3.8, 4) is 0 Å². The van der Waals surface area contributed by atoms with Crippen LogP contribution in [0, 0.1) is 0 Å². The SMILES string of the molecule is Cn1cc2c(C(C)(C)C)cncc2n1. The molecule has 0 aliphatic heterocycles. The topological polar surface area (TPSA) is 30.7 Å². The Morgan fingerprint density at radius 2 is 1.93 bits per heavy atom. The summed E-state index contributed by atoms with van der Waals surface area (Å²) in [5.74, 6) is 0. The van der Waals surface area contributed by atoms with Crippen LogP contribution in [0.5, 0.6) is 0 Å². The third kappa shape index (κ3) is 1.39. The average molecular weight is 189 g/mol. The van der Waals surface area contributed by atoms with Crippen molar-refractivity contribution in [2.24, 2.45) is 7.05 Å². The molecule has 0 radical (unpaired) electrons. The molecule has 2 rings (SSSR count). The largest absolute Gasteiger partial charge is 0.275 e. The standard InChI is InChI=1S/C11H15N3/c1-11(2,3)9-5-12-6-10-8(9)7-14(4)13-10/h5-7H,1-4H3. The lowest BCUT2D eigenvalue weighted by molar-refractivity contribution is 0.593. The van der Waals surface area contributed by atoms with Crippen LogP contribution in [0.1, 0.15) is 26.3 Å². The van der Waals surface area contributed by atoms with Crippen molar-refractivity contribution in [2.45, 2.75) is 26.2 Å². The molecule has 0 fully saturated rings. The van der Waals surface area contributed by atoms with Crippen molar-refractivity contribution in [1.82, 2.24) is 14.8 Å². The number of rotatable bonds is 0. The van der Waals surface area contributed by atoms with E-state index < -0.39 is 0 Å². The van der Waals surface area contributed by atoms with E-state index in [-0.39, 0.29) is 5.41 Å². The van der Waals surface area contributed by atoms with Crippen molar-refractivity contribution in [3.63, 3.8) is 0 Å². The normalized spacial score (nSPS) is 12.3. The van der Waals surface area contributed by atoms with Crippen LogP contribution in [0.3, 0.4) is 0 Å². The summed E-state index contributed by atoms with van der Waals surface area (Å²) in [5.41, 5.74) is 2.35. The molecule has 2 heterocycles. The number of hydrogen-bond donors (Lipinski definition) is 0. The van der Waals surface area contributed by atoms with E-state index in [0.29, 0.717) is 0 Å². The van der Waals surface area contributed by atoms with E-state index in [1.54, 1.807) is 0 Å². The molecule has 3 heteroatoms. The van der Waals surface area contributed by atoms with Crippen LogP contribution < -0.4 is 0 Å². The molecular formula is C11H15N3. The van der Waals surface area contributed by atoms with Crippen molar-refractivity contribution >= 4 is 10.9 Å². The zero-order chi connectivity index (χ0) is 10.3. The lowest BCUT2D eigenvalue weighted by Crippen LogP contribution is -2.11. The number of fused-ring (bicyclic) bond motifs is 1. The Bertz CT molecular complexity index is 463. The molecule has 0 amide bonds. The smallest absolute Gasteiger partial charge is 0.111 e. The molecule has 2 aromatic heterocycles. The van der Waals surface area contributed by atoms with E-state index in [9.17, 15) is 0 Å². The Hall–Kier alpha value is -1.38. The van der Waals surface area contributed by atoms with E-state index in [2.05, 4.69) is 37.1 Å². The molecule has 0 atom stereocenters. The van der Waals surface area contributed by atoms with Crippen LogP contribution >= 0.6 is 0 Å². The molecule has 0 bridgehead atoms. The Kier molecular flexibility index (Phi) is 1.84. The quantitative estimate of drug-likeness (QED) is 0.636. The maximum atomic E-state index is 4.34. The van der Waals surface area contributed by atoms with Gasteiger partial charge in [0.05, 0.1) is 6.20 Å². The average Bonchev–Trinajstić information content (AvgIpc) is 2.41. The van der Waals surface area contributed by atoms with Crippen molar-refractivity contribution in [2.75, 3.05) is 0 Å². The van der Waals surface area contributed by atoms with Gasteiger partial charge in [-0.15, -0.1) is 0 Å². The summed E-state index contributed by atoms with van der Waals surface area (Å²) in [6.45, 7) is 6.57. The van der Waals surface area contributed by atoms with Crippen LogP contribution in [0.4, 0.5) is 0 Å². The van der Waals surface area contributed by atoms with Gasteiger partial charge in [0.15, 0.2) is 0 Å². The molecule has 0 saturated heterocycles. The van der Waals surface area contributed by atoms with Gasteiger partial charge in [-0.2, -0.15) is 5.10 Å². The summed E-state index contributed by atoms with van der Waals surface area (Å²) in [7, 11) is 1.94. The molecule has 2 aromatic rings. The molecular weight excluding hydrogens is 174 g/mol. The highest BCUT2D eigenvalue weighted by molar-refractivity contribution is 5.81. The molecule has 0 aliphatic carbocycles. The first kappa shape index (κ1) is 9.19. The fourth-order valence-corrected chi connectivity index (χ4v) is 1.66. The molecule has 3 nitrogen and oxygen atoms in total. The highest BCUT2D eigenvalue weighted by Crippen LogP contribution is 2.27. The number of pyridine rings is 1. The van der Waals surface area contributed by atoms with Gasteiger partial charge in [-0.3, -0.25) is 9.67 Å². The molecule has 0 N–H and O–H groups in total. The third-order valence-corrected chi connectivity index (χ3v) is 2.36. The zero-order valence-electron chi connectivity index (χ0n) is 9.07. The van der Waals surface area contributed by atoms with Gasteiger partial charge in [-0.25, -0.2) is 0 Å². The van der Waals surface area contributed by atoms with Crippen LogP contribution in [0.2, 0.25) is 0 Å². The molecule has 0 aromatic carbocycles. The second-order valence-electron chi connectivity index (χ2n) is 4.67. The van der Waals surface area contributed by atoms with Crippen molar-refractivity contribution in [3.05, 3.63) is 24.2 Å². The summed E-state index contributed by atoms with van der Waals surface area (Å²) in [5, 5.41) is 5.55. The van der Waals surface area contributed by atoms with E-state index in [4.69, 9.17) is 0 Å². The van der Waals surface area contributed by atoms with Crippen LogP contribution in [-0.4, -0.2) is 14.8 Å². The summed E-state index contributed by atoms with van der Waals surface area (Å²) < 4.78 is 1.83. The first-order valence-corrected chi connectivity index (χ1v) is 4.76. The summed E-state index contributed by atoms with van der Waals surface area (Å²) in [6.07, 6.45) is 5.80. The van der Waals surface area contributed by atoms with Gasteiger partial charge in [-0.05, 0) is 11.0 Å². The minimum atomic E-state index is 0.121. The predicted octanol–water partition coefficient (Wildman–Crippen LogP) is 2.27. The Labute approximate surface area is 83.8 Å². The second kappa shape index (κ2) is 2.80. The number of aryl methyl sites for hydroxylation is 1. The Balaban J connectivity index is 2.77. The predicted molar refractivity (Wildman–Crippen MR) is 57.2 cm³/mol. The molecule has 0 saturated carbocycles. The minimum absolute atomic E-state index is 0.121. The summed E-state index contributed by atoms with van der Waals surface area (Å²) >= 11 is 0. The highest BCUT2D eigenvalue weighted by atomic mass is 15.2. The minimum Gasteiger partial charge on any atom is -0.275 e. The third-order valence-electron chi connectivity index (χ3n) is 2.36.